The van der Waals surface area contributed by atoms with Gasteiger partial charge in [-0.05, 0) is 41.1 Å². The lowest BCUT2D eigenvalue weighted by Gasteiger charge is -2.07. The Morgan fingerprint density at radius 1 is 1.24 bits per heavy atom. The third-order valence-corrected chi connectivity index (χ3v) is 2.11. The summed E-state index contributed by atoms with van der Waals surface area (Å²) in [4.78, 5) is 0. The summed E-state index contributed by atoms with van der Waals surface area (Å²) >= 11 is 0. The number of benzene rings is 1. The Morgan fingerprint density at radius 2 is 1.94 bits per heavy atom. The van der Waals surface area contributed by atoms with Gasteiger partial charge in [-0.25, -0.2) is 4.39 Å². The molecule has 1 aromatic carbocycles. The van der Waals surface area contributed by atoms with Gasteiger partial charge in [0.2, 0.25) is 0 Å². The molecule has 0 saturated heterocycles. The van der Waals surface area contributed by atoms with Crippen LogP contribution in [0.25, 0.3) is 5.69 Å². The largest absolute Gasteiger partial charge is 0.453 e. The molecular weight excluding hydrogens is 240 g/mol. The molecule has 0 unspecified atom stereocenters. The van der Waals surface area contributed by atoms with Crippen LogP contribution < -0.4 is 0 Å². The minimum atomic E-state index is -4.66. The summed E-state index contributed by atoms with van der Waals surface area (Å²) in [5.41, 5.74) is 0.271. The van der Waals surface area contributed by atoms with Gasteiger partial charge in [-0.3, -0.25) is 0 Å². The smallest absolute Gasteiger partial charge is 0.207 e. The quantitative estimate of drug-likeness (QED) is 0.724. The van der Waals surface area contributed by atoms with Crippen LogP contribution in [-0.2, 0) is 6.18 Å². The number of nitrogens with zero attached hydrogens (tertiary/aromatic N) is 4. The Morgan fingerprint density at radius 3 is 2.53 bits per heavy atom. The second-order valence-corrected chi connectivity index (χ2v) is 3.35. The fourth-order valence-electron chi connectivity index (χ4n) is 1.30. The Kier molecular flexibility index (Phi) is 2.56. The Bertz CT molecular complexity index is 546. The molecule has 1 aromatic heterocycles. The Labute approximate surface area is 92.9 Å². The molecular formula is C9H6F4N4. The minimum Gasteiger partial charge on any atom is -0.207 e. The number of alkyl halides is 3. The molecule has 90 valence electrons. The summed E-state index contributed by atoms with van der Waals surface area (Å²) in [5, 5.41) is 9.10. The summed E-state index contributed by atoms with van der Waals surface area (Å²) in [5.74, 6) is -1.75. The molecule has 0 saturated carbocycles. The molecule has 0 N–H and O–H groups in total. The van der Waals surface area contributed by atoms with E-state index in [9.17, 15) is 17.6 Å². The number of hydrogen-bond donors (Lipinski definition) is 0. The molecule has 2 aromatic rings. The maximum atomic E-state index is 13.0. The summed E-state index contributed by atoms with van der Waals surface area (Å²) in [6.45, 7) is 1.44. The molecule has 0 aliphatic heterocycles. The first kappa shape index (κ1) is 11.5. The van der Waals surface area contributed by atoms with Crippen molar-refractivity contribution in [1.29, 1.82) is 0 Å². The lowest BCUT2D eigenvalue weighted by molar-refractivity contribution is -0.146. The fourth-order valence-corrected chi connectivity index (χ4v) is 1.30. The molecule has 17 heavy (non-hydrogen) atoms. The molecule has 1 heterocycles. The van der Waals surface area contributed by atoms with Crippen molar-refractivity contribution in [2.24, 2.45) is 0 Å². The van der Waals surface area contributed by atoms with Crippen molar-refractivity contribution in [1.82, 2.24) is 20.2 Å². The number of aryl methyl sites for hydroxylation is 1. The normalized spacial score (nSPS) is 11.8. The van der Waals surface area contributed by atoms with Crippen molar-refractivity contribution in [3.8, 4) is 5.69 Å². The van der Waals surface area contributed by atoms with Gasteiger partial charge in [-0.1, -0.05) is 0 Å². The topological polar surface area (TPSA) is 43.6 Å². The van der Waals surface area contributed by atoms with Gasteiger partial charge in [-0.2, -0.15) is 17.9 Å². The predicted octanol–water partition coefficient (Wildman–Crippen LogP) is 2.13. The van der Waals surface area contributed by atoms with Crippen molar-refractivity contribution >= 4 is 0 Å². The predicted molar refractivity (Wildman–Crippen MR) is 48.9 cm³/mol. The summed E-state index contributed by atoms with van der Waals surface area (Å²) in [7, 11) is 0. The second-order valence-electron chi connectivity index (χ2n) is 3.35. The summed E-state index contributed by atoms with van der Waals surface area (Å²) in [6.07, 6.45) is -4.66. The first-order valence-corrected chi connectivity index (χ1v) is 4.51. The first-order valence-electron chi connectivity index (χ1n) is 4.51. The SMILES string of the molecule is Cc1cc(-n2nnnc2C(F)(F)F)ccc1F. The summed E-state index contributed by atoms with van der Waals surface area (Å²) in [6, 6.07) is 3.47. The van der Waals surface area contributed by atoms with Crippen molar-refractivity contribution in [3.05, 3.63) is 35.4 Å². The van der Waals surface area contributed by atoms with Crippen molar-refractivity contribution in [2.45, 2.75) is 13.1 Å². The van der Waals surface area contributed by atoms with Crippen LogP contribution in [0.5, 0.6) is 0 Å². The molecule has 0 radical (unpaired) electrons. The van der Waals surface area contributed by atoms with E-state index < -0.39 is 17.8 Å². The van der Waals surface area contributed by atoms with Crippen LogP contribution in [-0.4, -0.2) is 20.2 Å². The van der Waals surface area contributed by atoms with E-state index >= 15 is 0 Å². The molecule has 0 aliphatic rings. The van der Waals surface area contributed by atoms with E-state index in [1.807, 2.05) is 0 Å². The van der Waals surface area contributed by atoms with E-state index in [2.05, 4.69) is 15.5 Å². The number of rotatable bonds is 1. The van der Waals surface area contributed by atoms with Gasteiger partial charge in [-0.15, -0.1) is 5.10 Å². The lowest BCUT2D eigenvalue weighted by atomic mass is 10.2. The highest BCUT2D eigenvalue weighted by molar-refractivity contribution is 5.36. The third kappa shape index (κ3) is 2.10. The van der Waals surface area contributed by atoms with Crippen LogP contribution in [0.2, 0.25) is 0 Å². The first-order chi connectivity index (χ1) is 7.89. The Hall–Kier alpha value is -1.99. The van der Waals surface area contributed by atoms with Gasteiger partial charge in [0.05, 0.1) is 5.69 Å². The van der Waals surface area contributed by atoms with E-state index in [-0.39, 0.29) is 11.3 Å². The molecule has 4 nitrogen and oxygen atoms in total. The monoisotopic (exact) mass is 246 g/mol. The van der Waals surface area contributed by atoms with Crippen LogP contribution in [0.1, 0.15) is 11.4 Å². The van der Waals surface area contributed by atoms with E-state index in [1.54, 1.807) is 0 Å². The second kappa shape index (κ2) is 3.79. The van der Waals surface area contributed by atoms with Gasteiger partial charge >= 0.3 is 6.18 Å². The van der Waals surface area contributed by atoms with Gasteiger partial charge in [0.15, 0.2) is 0 Å². The number of tetrazole rings is 1. The zero-order valence-electron chi connectivity index (χ0n) is 8.53. The highest BCUT2D eigenvalue weighted by atomic mass is 19.4. The molecule has 0 bridgehead atoms. The molecule has 0 atom stereocenters. The third-order valence-electron chi connectivity index (χ3n) is 2.11. The van der Waals surface area contributed by atoms with Gasteiger partial charge < -0.3 is 0 Å². The van der Waals surface area contributed by atoms with Crippen LogP contribution in [0.4, 0.5) is 17.6 Å². The zero-order valence-corrected chi connectivity index (χ0v) is 8.53. The highest BCUT2D eigenvalue weighted by Crippen LogP contribution is 2.28. The number of halogens is 4. The maximum Gasteiger partial charge on any atom is 0.453 e. The fraction of sp³-hybridized carbons (Fsp3) is 0.222. The van der Waals surface area contributed by atoms with E-state index in [0.717, 1.165) is 6.07 Å². The van der Waals surface area contributed by atoms with E-state index in [4.69, 9.17) is 0 Å². The van der Waals surface area contributed by atoms with Gasteiger partial charge in [0, 0.05) is 0 Å². The van der Waals surface area contributed by atoms with E-state index in [0.29, 0.717) is 4.68 Å². The molecule has 0 spiro atoms. The van der Waals surface area contributed by atoms with Crippen LogP contribution >= 0.6 is 0 Å². The molecule has 0 fully saturated rings. The van der Waals surface area contributed by atoms with Crippen molar-refractivity contribution < 1.29 is 17.6 Å². The standard InChI is InChI=1S/C9H6F4N4/c1-5-4-6(2-3-7(5)10)17-8(9(11,12)13)14-15-16-17/h2-4H,1H3. The van der Waals surface area contributed by atoms with Crippen LogP contribution in [0.15, 0.2) is 18.2 Å². The molecule has 2 rings (SSSR count). The lowest BCUT2D eigenvalue weighted by Crippen LogP contribution is -2.14. The molecule has 0 amide bonds. The molecule has 8 heteroatoms. The zero-order chi connectivity index (χ0) is 12.6. The van der Waals surface area contributed by atoms with Crippen LogP contribution in [0, 0.1) is 12.7 Å². The highest BCUT2D eigenvalue weighted by Gasteiger charge is 2.38. The Balaban J connectivity index is 2.54. The number of aromatic nitrogens is 4. The van der Waals surface area contributed by atoms with Crippen LogP contribution in [0.3, 0.4) is 0 Å². The van der Waals surface area contributed by atoms with Crippen molar-refractivity contribution in [3.63, 3.8) is 0 Å². The average Bonchev–Trinajstić information content (AvgIpc) is 2.70. The number of hydrogen-bond acceptors (Lipinski definition) is 3. The average molecular weight is 246 g/mol. The van der Waals surface area contributed by atoms with Crippen molar-refractivity contribution in [2.75, 3.05) is 0 Å². The maximum absolute atomic E-state index is 13.0. The minimum absolute atomic E-state index is 0.0567. The van der Waals surface area contributed by atoms with E-state index in [1.165, 1.54) is 19.1 Å². The summed E-state index contributed by atoms with van der Waals surface area (Å²) < 4.78 is 51.0. The van der Waals surface area contributed by atoms with Gasteiger partial charge in [0.1, 0.15) is 5.82 Å². The molecule has 0 aliphatic carbocycles. The van der Waals surface area contributed by atoms with Gasteiger partial charge in [0.25, 0.3) is 5.82 Å².